The van der Waals surface area contributed by atoms with E-state index in [4.69, 9.17) is 5.11 Å². The SMILES string of the molecule is FC(F)(F)c1cccnc1.Oc1ccccc1. The molecular formula is C12H10F3NO. The quantitative estimate of drug-likeness (QED) is 0.765. The number of para-hydroxylation sites is 1. The molecule has 0 amide bonds. The van der Waals surface area contributed by atoms with Crippen molar-refractivity contribution in [2.24, 2.45) is 0 Å². The van der Waals surface area contributed by atoms with Crippen molar-refractivity contribution in [1.29, 1.82) is 0 Å². The lowest BCUT2D eigenvalue weighted by molar-refractivity contribution is -0.137. The van der Waals surface area contributed by atoms with Gasteiger partial charge in [-0.15, -0.1) is 0 Å². The predicted molar refractivity (Wildman–Crippen MR) is 57.3 cm³/mol. The second kappa shape index (κ2) is 5.89. The van der Waals surface area contributed by atoms with E-state index < -0.39 is 11.7 Å². The Hall–Kier alpha value is -2.04. The minimum atomic E-state index is -4.27. The minimum absolute atomic E-state index is 0.322. The maximum absolute atomic E-state index is 11.7. The van der Waals surface area contributed by atoms with Gasteiger partial charge in [-0.3, -0.25) is 4.98 Å². The Morgan fingerprint density at radius 1 is 0.941 bits per heavy atom. The van der Waals surface area contributed by atoms with Crippen LogP contribution in [-0.4, -0.2) is 10.1 Å². The average molecular weight is 241 g/mol. The summed E-state index contributed by atoms with van der Waals surface area (Å²) in [6, 6.07) is 10.9. The third kappa shape index (κ3) is 5.01. The van der Waals surface area contributed by atoms with Gasteiger partial charge in [-0.25, -0.2) is 0 Å². The summed E-state index contributed by atoms with van der Waals surface area (Å²) in [5, 5.41) is 8.63. The van der Waals surface area contributed by atoms with Crippen LogP contribution >= 0.6 is 0 Å². The van der Waals surface area contributed by atoms with Crippen molar-refractivity contribution in [2.45, 2.75) is 6.18 Å². The molecule has 2 nitrogen and oxygen atoms in total. The molecule has 0 spiro atoms. The van der Waals surface area contributed by atoms with Crippen LogP contribution in [0.3, 0.4) is 0 Å². The molecule has 0 radical (unpaired) electrons. The van der Waals surface area contributed by atoms with Crippen LogP contribution in [0.2, 0.25) is 0 Å². The van der Waals surface area contributed by atoms with Crippen LogP contribution in [0.1, 0.15) is 5.56 Å². The first kappa shape index (κ1) is 13.0. The predicted octanol–water partition coefficient (Wildman–Crippen LogP) is 3.49. The standard InChI is InChI=1S/C6H4F3N.C6H6O/c7-6(8,9)5-2-1-3-10-4-5;7-6-4-2-1-3-5-6/h1-4H;1-5,7H. The number of aromatic hydroxyl groups is 1. The van der Waals surface area contributed by atoms with E-state index in [0.717, 1.165) is 12.3 Å². The van der Waals surface area contributed by atoms with Gasteiger partial charge < -0.3 is 5.11 Å². The summed E-state index contributed by atoms with van der Waals surface area (Å²) in [6.45, 7) is 0. The highest BCUT2D eigenvalue weighted by Gasteiger charge is 2.30. The molecule has 0 aliphatic heterocycles. The normalized spacial score (nSPS) is 10.3. The molecular weight excluding hydrogens is 231 g/mol. The van der Waals surface area contributed by atoms with Crippen LogP contribution in [0, 0.1) is 0 Å². The smallest absolute Gasteiger partial charge is 0.417 e. The lowest BCUT2D eigenvalue weighted by atomic mass is 10.3. The number of alkyl halides is 3. The van der Waals surface area contributed by atoms with Gasteiger partial charge in [-0.2, -0.15) is 13.2 Å². The van der Waals surface area contributed by atoms with Crippen molar-refractivity contribution in [1.82, 2.24) is 4.98 Å². The third-order valence-corrected chi connectivity index (χ3v) is 1.75. The monoisotopic (exact) mass is 241 g/mol. The first-order valence-electron chi connectivity index (χ1n) is 4.71. The van der Waals surface area contributed by atoms with Crippen LogP contribution in [0.25, 0.3) is 0 Å². The summed E-state index contributed by atoms with van der Waals surface area (Å²) in [5.41, 5.74) is -0.713. The fraction of sp³-hybridized carbons (Fsp3) is 0.0833. The van der Waals surface area contributed by atoms with Gasteiger partial charge >= 0.3 is 6.18 Å². The Morgan fingerprint density at radius 3 is 1.88 bits per heavy atom. The highest BCUT2D eigenvalue weighted by atomic mass is 19.4. The van der Waals surface area contributed by atoms with Gasteiger partial charge in [0.15, 0.2) is 0 Å². The number of phenolic OH excluding ortho intramolecular Hbond substituents is 1. The van der Waals surface area contributed by atoms with E-state index in [9.17, 15) is 13.2 Å². The van der Waals surface area contributed by atoms with Crippen molar-refractivity contribution in [3.05, 3.63) is 60.4 Å². The van der Waals surface area contributed by atoms with Gasteiger partial charge in [0.25, 0.3) is 0 Å². The zero-order valence-electron chi connectivity index (χ0n) is 8.72. The molecule has 90 valence electrons. The van der Waals surface area contributed by atoms with Gasteiger partial charge in [0.1, 0.15) is 5.75 Å². The van der Waals surface area contributed by atoms with E-state index >= 15 is 0 Å². The summed E-state index contributed by atoms with van der Waals surface area (Å²) < 4.78 is 35.2. The minimum Gasteiger partial charge on any atom is -0.508 e. The van der Waals surface area contributed by atoms with Crippen molar-refractivity contribution >= 4 is 0 Å². The molecule has 0 unspecified atom stereocenters. The van der Waals surface area contributed by atoms with Crippen molar-refractivity contribution in [3.63, 3.8) is 0 Å². The van der Waals surface area contributed by atoms with E-state index in [2.05, 4.69) is 4.98 Å². The number of phenols is 1. The van der Waals surface area contributed by atoms with Crippen molar-refractivity contribution < 1.29 is 18.3 Å². The molecule has 1 N–H and O–H groups in total. The molecule has 0 atom stereocenters. The van der Waals surface area contributed by atoms with E-state index in [-0.39, 0.29) is 0 Å². The Morgan fingerprint density at radius 2 is 1.59 bits per heavy atom. The van der Waals surface area contributed by atoms with E-state index in [1.54, 1.807) is 24.3 Å². The van der Waals surface area contributed by atoms with E-state index in [1.807, 2.05) is 6.07 Å². The zero-order chi connectivity index (χ0) is 12.7. The molecule has 0 aliphatic rings. The number of aromatic nitrogens is 1. The second-order valence-corrected chi connectivity index (χ2v) is 3.08. The number of halogens is 3. The van der Waals surface area contributed by atoms with Crippen LogP contribution < -0.4 is 0 Å². The van der Waals surface area contributed by atoms with Gasteiger partial charge in [0.05, 0.1) is 5.56 Å². The van der Waals surface area contributed by atoms with Crippen LogP contribution in [0.5, 0.6) is 5.75 Å². The van der Waals surface area contributed by atoms with E-state index in [0.29, 0.717) is 5.75 Å². The summed E-state index contributed by atoms with van der Waals surface area (Å²) >= 11 is 0. The summed E-state index contributed by atoms with van der Waals surface area (Å²) in [7, 11) is 0. The molecule has 0 bridgehead atoms. The Bertz CT molecular complexity index is 429. The Balaban J connectivity index is 0.000000181. The van der Waals surface area contributed by atoms with Gasteiger partial charge in [0.2, 0.25) is 0 Å². The number of nitrogens with zero attached hydrogens (tertiary/aromatic N) is 1. The molecule has 17 heavy (non-hydrogen) atoms. The van der Waals surface area contributed by atoms with Gasteiger partial charge in [-0.05, 0) is 24.3 Å². The Labute approximate surface area is 96.4 Å². The maximum Gasteiger partial charge on any atom is 0.417 e. The van der Waals surface area contributed by atoms with Crippen LogP contribution in [0.15, 0.2) is 54.9 Å². The summed E-state index contributed by atoms with van der Waals surface area (Å²) in [6.07, 6.45) is -2.18. The third-order valence-electron chi connectivity index (χ3n) is 1.75. The lowest BCUT2D eigenvalue weighted by Gasteiger charge is -2.03. The molecule has 5 heteroatoms. The lowest BCUT2D eigenvalue weighted by Crippen LogP contribution is -2.04. The fourth-order valence-electron chi connectivity index (χ4n) is 0.958. The second-order valence-electron chi connectivity index (χ2n) is 3.08. The number of hydrogen-bond acceptors (Lipinski definition) is 2. The molecule has 0 aliphatic carbocycles. The topological polar surface area (TPSA) is 33.1 Å². The molecule has 0 fully saturated rings. The number of rotatable bonds is 0. The number of benzene rings is 1. The highest BCUT2D eigenvalue weighted by molar-refractivity contribution is 5.18. The molecule has 1 heterocycles. The summed E-state index contributed by atoms with van der Waals surface area (Å²) in [5.74, 6) is 0.322. The Kier molecular flexibility index (Phi) is 4.51. The van der Waals surface area contributed by atoms with E-state index in [1.165, 1.54) is 12.3 Å². The van der Waals surface area contributed by atoms with Crippen molar-refractivity contribution in [2.75, 3.05) is 0 Å². The first-order chi connectivity index (χ1) is 8.00. The molecule has 2 rings (SSSR count). The first-order valence-corrected chi connectivity index (χ1v) is 4.71. The van der Waals surface area contributed by atoms with Gasteiger partial charge in [0, 0.05) is 12.4 Å². The van der Waals surface area contributed by atoms with Crippen molar-refractivity contribution in [3.8, 4) is 5.75 Å². The summed E-state index contributed by atoms with van der Waals surface area (Å²) in [4.78, 5) is 3.33. The zero-order valence-corrected chi connectivity index (χ0v) is 8.72. The molecule has 0 saturated heterocycles. The van der Waals surface area contributed by atoms with Crippen LogP contribution in [-0.2, 0) is 6.18 Å². The molecule has 1 aromatic carbocycles. The number of hydrogen-bond donors (Lipinski definition) is 1. The molecule has 1 aromatic heterocycles. The van der Waals surface area contributed by atoms with Crippen LogP contribution in [0.4, 0.5) is 13.2 Å². The highest BCUT2D eigenvalue weighted by Crippen LogP contribution is 2.27. The maximum atomic E-state index is 11.7. The average Bonchev–Trinajstić information content (AvgIpc) is 2.31. The number of pyridine rings is 1. The largest absolute Gasteiger partial charge is 0.508 e. The fourth-order valence-corrected chi connectivity index (χ4v) is 0.958. The molecule has 2 aromatic rings. The molecule has 0 saturated carbocycles. The van der Waals surface area contributed by atoms with Gasteiger partial charge in [-0.1, -0.05) is 18.2 Å².